The lowest BCUT2D eigenvalue weighted by atomic mass is 9.92. The number of hydrogen-bond acceptors (Lipinski definition) is 9. The molecule has 10 nitrogen and oxygen atoms in total. The van der Waals surface area contributed by atoms with Gasteiger partial charge in [0.25, 0.3) is 10.0 Å². The first-order valence-corrected chi connectivity index (χ1v) is 13.1. The quantitative estimate of drug-likeness (QED) is 0.338. The topological polar surface area (TPSA) is 156 Å². The molecule has 4 N–H and O–H groups in total. The molecule has 1 aromatic heterocycles. The van der Waals surface area contributed by atoms with Crippen molar-refractivity contribution in [2.24, 2.45) is 5.92 Å². The Balaban J connectivity index is 1.50. The maximum absolute atomic E-state index is 12.7. The Labute approximate surface area is 215 Å². The Morgan fingerprint density at radius 2 is 1.78 bits per heavy atom. The standard InChI is InChI=1S/C26H29N3O7S/c1-15-24(30)25(31)23(36-26(15)32)14-28-37(33,34)21(13-27)12-20-8-9-22(35-20)18-5-4-17-11-19(29(2)3)7-6-16(17)10-18/h4-12,15,23-26,28,30-32H,14H2,1-3H3/b21-12+/t15-,23-,24-,25-,26?/m1/s1. The van der Waals surface area contributed by atoms with Gasteiger partial charge in [-0.15, -0.1) is 0 Å². The second kappa shape index (κ2) is 10.6. The zero-order valence-corrected chi connectivity index (χ0v) is 21.4. The highest BCUT2D eigenvalue weighted by Gasteiger charge is 2.41. The van der Waals surface area contributed by atoms with E-state index in [9.17, 15) is 29.0 Å². The van der Waals surface area contributed by atoms with E-state index in [1.165, 1.54) is 6.92 Å². The van der Waals surface area contributed by atoms with Gasteiger partial charge in [0.1, 0.15) is 29.8 Å². The number of hydrogen-bond donors (Lipinski definition) is 4. The summed E-state index contributed by atoms with van der Waals surface area (Å²) in [5, 5.41) is 41.6. The minimum absolute atomic E-state index is 0.161. The molecule has 2 aromatic carbocycles. The maximum Gasteiger partial charge on any atom is 0.250 e. The summed E-state index contributed by atoms with van der Waals surface area (Å²) in [5.41, 5.74) is 1.87. The van der Waals surface area contributed by atoms with Gasteiger partial charge in [-0.05, 0) is 41.1 Å². The SMILES string of the molecule is C[C@H]1C(O)O[C@H](CNS(=O)(=O)/C(C#N)=C/c2ccc(-c3ccc4cc(N(C)C)ccc4c3)o2)[C@@H](O)[C@@H]1O. The molecule has 4 rings (SSSR count). The van der Waals surface area contributed by atoms with Crippen LogP contribution in [0.2, 0.25) is 0 Å². The number of anilines is 1. The predicted molar refractivity (Wildman–Crippen MR) is 139 cm³/mol. The minimum atomic E-state index is -4.31. The number of allylic oxidation sites excluding steroid dienone is 1. The van der Waals surface area contributed by atoms with E-state index in [2.05, 4.69) is 10.8 Å². The Morgan fingerprint density at radius 1 is 1.08 bits per heavy atom. The third-order valence-electron chi connectivity index (χ3n) is 6.43. The molecule has 1 saturated heterocycles. The molecule has 1 unspecified atom stereocenters. The number of ether oxygens (including phenoxy) is 1. The molecule has 1 fully saturated rings. The first-order chi connectivity index (χ1) is 17.5. The number of aliphatic hydroxyl groups is 3. The Bertz CT molecular complexity index is 1460. The van der Waals surface area contributed by atoms with Crippen LogP contribution in [0.5, 0.6) is 0 Å². The van der Waals surface area contributed by atoms with Crippen LogP contribution >= 0.6 is 0 Å². The number of benzene rings is 2. The average molecular weight is 528 g/mol. The molecule has 5 atom stereocenters. The summed E-state index contributed by atoms with van der Waals surface area (Å²) < 4.78 is 38.7. The first-order valence-electron chi connectivity index (χ1n) is 11.6. The zero-order valence-electron chi connectivity index (χ0n) is 20.6. The summed E-state index contributed by atoms with van der Waals surface area (Å²) in [6.45, 7) is 1.03. The van der Waals surface area contributed by atoms with Crippen molar-refractivity contribution in [3.05, 3.63) is 59.2 Å². The number of nitrogens with zero attached hydrogens (tertiary/aromatic N) is 2. The summed E-state index contributed by atoms with van der Waals surface area (Å²) in [4.78, 5) is 1.41. The molecular weight excluding hydrogens is 498 g/mol. The van der Waals surface area contributed by atoms with Crippen LogP contribution in [-0.4, -0.2) is 69.0 Å². The fourth-order valence-electron chi connectivity index (χ4n) is 4.07. The van der Waals surface area contributed by atoms with E-state index < -0.39 is 52.0 Å². The molecule has 11 heteroatoms. The summed E-state index contributed by atoms with van der Waals surface area (Å²) in [5.74, 6) is -0.0828. The lowest BCUT2D eigenvalue weighted by molar-refractivity contribution is -0.257. The van der Waals surface area contributed by atoms with Crippen molar-refractivity contribution in [1.29, 1.82) is 5.26 Å². The number of furan rings is 1. The molecule has 0 bridgehead atoms. The number of rotatable bonds is 7. The van der Waals surface area contributed by atoms with Crippen molar-refractivity contribution in [2.45, 2.75) is 31.5 Å². The predicted octanol–water partition coefficient (Wildman–Crippen LogP) is 2.02. The van der Waals surface area contributed by atoms with Gasteiger partial charge in [0, 0.05) is 43.9 Å². The van der Waals surface area contributed by atoms with Crippen molar-refractivity contribution in [3.8, 4) is 17.4 Å². The van der Waals surface area contributed by atoms with E-state index in [0.717, 1.165) is 28.1 Å². The molecule has 2 heterocycles. The fraction of sp³-hybridized carbons (Fsp3) is 0.346. The van der Waals surface area contributed by atoms with E-state index in [4.69, 9.17) is 9.15 Å². The summed E-state index contributed by atoms with van der Waals surface area (Å²) >= 11 is 0. The zero-order chi connectivity index (χ0) is 26.9. The van der Waals surface area contributed by atoms with Crippen LogP contribution in [0.3, 0.4) is 0 Å². The second-order valence-corrected chi connectivity index (χ2v) is 11.0. The van der Waals surface area contributed by atoms with Gasteiger partial charge in [0.05, 0.1) is 6.10 Å². The number of sulfonamides is 1. The van der Waals surface area contributed by atoms with Gasteiger partial charge in [-0.1, -0.05) is 25.1 Å². The molecule has 0 amide bonds. The summed E-state index contributed by atoms with van der Waals surface area (Å²) in [6.07, 6.45) is -4.19. The second-order valence-electron chi connectivity index (χ2n) is 9.22. The van der Waals surface area contributed by atoms with Crippen molar-refractivity contribution in [1.82, 2.24) is 4.72 Å². The summed E-state index contributed by atoms with van der Waals surface area (Å²) in [7, 11) is -0.359. The van der Waals surface area contributed by atoms with Gasteiger partial charge >= 0.3 is 0 Å². The smallest absolute Gasteiger partial charge is 0.250 e. The highest BCUT2D eigenvalue weighted by atomic mass is 32.2. The molecule has 0 spiro atoms. The Morgan fingerprint density at radius 3 is 2.49 bits per heavy atom. The van der Waals surface area contributed by atoms with Crippen LogP contribution in [0.4, 0.5) is 5.69 Å². The van der Waals surface area contributed by atoms with E-state index >= 15 is 0 Å². The van der Waals surface area contributed by atoms with Gasteiger partial charge in [0.2, 0.25) is 0 Å². The average Bonchev–Trinajstić information content (AvgIpc) is 3.35. The Kier molecular flexibility index (Phi) is 7.70. The van der Waals surface area contributed by atoms with Crippen molar-refractivity contribution in [2.75, 3.05) is 25.5 Å². The highest BCUT2D eigenvalue weighted by Crippen LogP contribution is 2.29. The normalized spacial score (nSPS) is 24.7. The van der Waals surface area contributed by atoms with Gasteiger partial charge < -0.3 is 29.4 Å². The minimum Gasteiger partial charge on any atom is -0.457 e. The monoisotopic (exact) mass is 527 g/mol. The molecule has 1 aliphatic rings. The molecule has 3 aromatic rings. The van der Waals surface area contributed by atoms with Gasteiger partial charge in [0.15, 0.2) is 11.2 Å². The highest BCUT2D eigenvalue weighted by molar-refractivity contribution is 7.93. The third kappa shape index (κ3) is 5.70. The number of aliphatic hydroxyl groups excluding tert-OH is 3. The van der Waals surface area contributed by atoms with Crippen LogP contribution in [-0.2, 0) is 14.8 Å². The van der Waals surface area contributed by atoms with Crippen LogP contribution < -0.4 is 9.62 Å². The van der Waals surface area contributed by atoms with Crippen LogP contribution in [0, 0.1) is 17.2 Å². The molecule has 0 radical (unpaired) electrons. The largest absolute Gasteiger partial charge is 0.457 e. The van der Waals surface area contributed by atoms with Crippen LogP contribution in [0.1, 0.15) is 12.7 Å². The molecule has 1 aliphatic heterocycles. The number of nitrogens with one attached hydrogen (secondary N) is 1. The van der Waals surface area contributed by atoms with Gasteiger partial charge in [-0.2, -0.15) is 5.26 Å². The van der Waals surface area contributed by atoms with Gasteiger partial charge in [-0.25, -0.2) is 13.1 Å². The molecule has 37 heavy (non-hydrogen) atoms. The number of fused-ring (bicyclic) bond motifs is 1. The van der Waals surface area contributed by atoms with E-state index in [1.54, 1.807) is 18.2 Å². The summed E-state index contributed by atoms with van der Waals surface area (Å²) in [6, 6.07) is 16.8. The van der Waals surface area contributed by atoms with E-state index in [1.807, 2.05) is 49.3 Å². The first kappa shape index (κ1) is 26.8. The molecule has 196 valence electrons. The third-order valence-corrected chi connectivity index (χ3v) is 7.77. The fourth-order valence-corrected chi connectivity index (χ4v) is 5.00. The van der Waals surface area contributed by atoms with Crippen molar-refractivity contribution < 1.29 is 32.9 Å². The number of nitriles is 1. The van der Waals surface area contributed by atoms with Crippen molar-refractivity contribution in [3.63, 3.8) is 0 Å². The van der Waals surface area contributed by atoms with Crippen LogP contribution in [0.15, 0.2) is 57.9 Å². The lowest BCUT2D eigenvalue weighted by Gasteiger charge is -2.39. The van der Waals surface area contributed by atoms with Crippen molar-refractivity contribution >= 4 is 32.6 Å². The maximum atomic E-state index is 12.7. The Hall–Kier alpha value is -3.24. The molecule has 0 aliphatic carbocycles. The van der Waals surface area contributed by atoms with E-state index in [0.29, 0.717) is 5.76 Å². The van der Waals surface area contributed by atoms with Gasteiger partial charge in [-0.3, -0.25) is 0 Å². The molecular formula is C26H29N3O7S. The van der Waals surface area contributed by atoms with Crippen LogP contribution in [0.25, 0.3) is 28.2 Å². The molecule has 0 saturated carbocycles. The lowest BCUT2D eigenvalue weighted by Crippen LogP contribution is -2.56. The van der Waals surface area contributed by atoms with E-state index in [-0.39, 0.29) is 5.76 Å².